The standard InChI is InChI=1S/C28H25N3O5S/c1-17-14-19(25(32)29-15-20-8-4-7-18-6-2-3-9-22(18)20)11-12-21(17)26(33)31-23(28(35)36)16-30-27(34)24-10-5-13-37-24/h2-14,23H,15-16H2,1H3,(H,29,32)(H,30,34)(H,31,33)(H,35,36)/t23-/m0/s1. The number of carbonyl (C=O) groups is 4. The molecule has 0 bridgehead atoms. The molecule has 1 heterocycles. The minimum atomic E-state index is -1.32. The second-order valence-corrected chi connectivity index (χ2v) is 9.35. The van der Waals surface area contributed by atoms with Crippen molar-refractivity contribution in [1.82, 2.24) is 16.0 Å². The Balaban J connectivity index is 1.38. The molecule has 0 radical (unpaired) electrons. The molecule has 0 spiro atoms. The van der Waals surface area contributed by atoms with Crippen LogP contribution in [0.1, 0.15) is 41.5 Å². The van der Waals surface area contributed by atoms with E-state index in [0.717, 1.165) is 16.3 Å². The van der Waals surface area contributed by atoms with E-state index in [1.165, 1.54) is 23.5 Å². The van der Waals surface area contributed by atoms with Gasteiger partial charge in [0.1, 0.15) is 6.04 Å². The van der Waals surface area contributed by atoms with Crippen molar-refractivity contribution < 1.29 is 24.3 Å². The van der Waals surface area contributed by atoms with Gasteiger partial charge in [-0.3, -0.25) is 14.4 Å². The van der Waals surface area contributed by atoms with Crippen LogP contribution in [0.3, 0.4) is 0 Å². The lowest BCUT2D eigenvalue weighted by Crippen LogP contribution is -2.48. The summed E-state index contributed by atoms with van der Waals surface area (Å²) in [6.07, 6.45) is 0. The summed E-state index contributed by atoms with van der Waals surface area (Å²) < 4.78 is 0. The number of rotatable bonds is 9. The topological polar surface area (TPSA) is 125 Å². The number of aliphatic carboxylic acids is 1. The first kappa shape index (κ1) is 25.6. The van der Waals surface area contributed by atoms with Gasteiger partial charge in [0.2, 0.25) is 0 Å². The van der Waals surface area contributed by atoms with E-state index in [2.05, 4.69) is 16.0 Å². The van der Waals surface area contributed by atoms with Crippen molar-refractivity contribution in [1.29, 1.82) is 0 Å². The maximum atomic E-state index is 12.8. The van der Waals surface area contributed by atoms with Crippen molar-refractivity contribution in [3.8, 4) is 0 Å². The zero-order valence-electron chi connectivity index (χ0n) is 20.0. The third kappa shape index (κ3) is 6.20. The van der Waals surface area contributed by atoms with Crippen molar-refractivity contribution in [2.24, 2.45) is 0 Å². The second-order valence-electron chi connectivity index (χ2n) is 8.40. The van der Waals surface area contributed by atoms with Crippen LogP contribution in [-0.4, -0.2) is 41.4 Å². The van der Waals surface area contributed by atoms with E-state index in [9.17, 15) is 24.3 Å². The van der Waals surface area contributed by atoms with Gasteiger partial charge in [-0.05, 0) is 58.5 Å². The molecule has 0 unspecified atom stereocenters. The quantitative estimate of drug-likeness (QED) is 0.270. The van der Waals surface area contributed by atoms with Crippen molar-refractivity contribution in [3.05, 3.63) is 105 Å². The molecule has 188 valence electrons. The Labute approximate surface area is 217 Å². The summed E-state index contributed by atoms with van der Waals surface area (Å²) in [6.45, 7) is 1.75. The van der Waals surface area contributed by atoms with Gasteiger partial charge < -0.3 is 21.1 Å². The number of benzene rings is 3. The molecule has 1 aromatic heterocycles. The van der Waals surface area contributed by atoms with Crippen LogP contribution in [0.4, 0.5) is 0 Å². The Morgan fingerprint density at radius 3 is 2.38 bits per heavy atom. The molecule has 37 heavy (non-hydrogen) atoms. The Morgan fingerprint density at radius 2 is 1.65 bits per heavy atom. The highest BCUT2D eigenvalue weighted by atomic mass is 32.1. The Morgan fingerprint density at radius 1 is 0.865 bits per heavy atom. The molecule has 1 atom stereocenters. The van der Waals surface area contributed by atoms with E-state index in [1.807, 2.05) is 42.5 Å². The summed E-state index contributed by atoms with van der Waals surface area (Å²) in [5, 5.41) is 21.3. The number of carboxylic acid groups (broad SMARTS) is 1. The first-order chi connectivity index (χ1) is 17.8. The van der Waals surface area contributed by atoms with Crippen molar-refractivity contribution in [2.75, 3.05) is 6.54 Å². The normalized spacial score (nSPS) is 11.5. The molecule has 0 aliphatic heterocycles. The van der Waals surface area contributed by atoms with Crippen LogP contribution in [-0.2, 0) is 11.3 Å². The maximum Gasteiger partial charge on any atom is 0.328 e. The van der Waals surface area contributed by atoms with Crippen LogP contribution >= 0.6 is 11.3 Å². The number of carbonyl (C=O) groups excluding carboxylic acids is 3. The fourth-order valence-corrected chi connectivity index (χ4v) is 4.55. The second kappa shape index (κ2) is 11.5. The van der Waals surface area contributed by atoms with Crippen LogP contribution < -0.4 is 16.0 Å². The number of thiophene rings is 1. The molecular formula is C28H25N3O5S. The van der Waals surface area contributed by atoms with E-state index >= 15 is 0 Å². The molecule has 3 aromatic carbocycles. The summed E-state index contributed by atoms with van der Waals surface area (Å²) in [4.78, 5) is 49.8. The van der Waals surface area contributed by atoms with E-state index in [4.69, 9.17) is 0 Å². The Kier molecular flexibility index (Phi) is 7.95. The maximum absolute atomic E-state index is 12.8. The smallest absolute Gasteiger partial charge is 0.328 e. The molecule has 8 nitrogen and oxygen atoms in total. The van der Waals surface area contributed by atoms with E-state index in [1.54, 1.807) is 30.5 Å². The third-order valence-electron chi connectivity index (χ3n) is 5.87. The predicted molar refractivity (Wildman–Crippen MR) is 142 cm³/mol. The van der Waals surface area contributed by atoms with Gasteiger partial charge in [0.25, 0.3) is 17.7 Å². The molecule has 9 heteroatoms. The fourth-order valence-electron chi connectivity index (χ4n) is 3.91. The summed E-state index contributed by atoms with van der Waals surface area (Å²) in [7, 11) is 0. The summed E-state index contributed by atoms with van der Waals surface area (Å²) in [6, 6.07) is 20.5. The first-order valence-electron chi connectivity index (χ1n) is 11.5. The first-order valence-corrected chi connectivity index (χ1v) is 12.4. The molecule has 0 aliphatic rings. The average Bonchev–Trinajstić information content (AvgIpc) is 3.44. The fraction of sp³-hybridized carbons (Fsp3) is 0.143. The number of hydrogen-bond donors (Lipinski definition) is 4. The van der Waals surface area contributed by atoms with Crippen LogP contribution in [0.2, 0.25) is 0 Å². The number of hydrogen-bond acceptors (Lipinski definition) is 5. The molecule has 4 aromatic rings. The van der Waals surface area contributed by atoms with Crippen molar-refractivity contribution >= 4 is 45.8 Å². The molecule has 0 saturated heterocycles. The van der Waals surface area contributed by atoms with Gasteiger partial charge in [0, 0.05) is 24.2 Å². The number of nitrogens with one attached hydrogen (secondary N) is 3. The molecule has 0 saturated carbocycles. The summed E-state index contributed by atoms with van der Waals surface area (Å²) in [5.41, 5.74) is 2.13. The van der Waals surface area contributed by atoms with Gasteiger partial charge in [-0.1, -0.05) is 48.5 Å². The largest absolute Gasteiger partial charge is 0.480 e. The van der Waals surface area contributed by atoms with E-state index in [-0.39, 0.29) is 18.0 Å². The molecule has 0 aliphatic carbocycles. The molecule has 3 amide bonds. The zero-order valence-corrected chi connectivity index (χ0v) is 20.8. The van der Waals surface area contributed by atoms with Crippen molar-refractivity contribution in [2.45, 2.75) is 19.5 Å². The highest BCUT2D eigenvalue weighted by molar-refractivity contribution is 7.12. The highest BCUT2D eigenvalue weighted by Crippen LogP contribution is 2.19. The number of aryl methyl sites for hydroxylation is 1. The minimum absolute atomic E-state index is 0.237. The lowest BCUT2D eigenvalue weighted by Gasteiger charge is -2.16. The molecule has 0 fully saturated rings. The van der Waals surface area contributed by atoms with Gasteiger partial charge in [-0.15, -0.1) is 11.3 Å². The van der Waals surface area contributed by atoms with Crippen molar-refractivity contribution in [3.63, 3.8) is 0 Å². The van der Waals surface area contributed by atoms with E-state index < -0.39 is 23.8 Å². The SMILES string of the molecule is Cc1cc(C(=O)NCc2cccc3ccccc23)ccc1C(=O)N[C@@H](CNC(=O)c1cccs1)C(=O)O. The summed E-state index contributed by atoms with van der Waals surface area (Å²) >= 11 is 1.23. The van der Waals surface area contributed by atoms with Crippen LogP contribution in [0.5, 0.6) is 0 Å². The average molecular weight is 516 g/mol. The van der Waals surface area contributed by atoms with Crippen LogP contribution in [0.25, 0.3) is 10.8 Å². The van der Waals surface area contributed by atoms with Gasteiger partial charge in [-0.25, -0.2) is 4.79 Å². The predicted octanol–water partition coefficient (Wildman–Crippen LogP) is 3.75. The molecule has 4 rings (SSSR count). The lowest BCUT2D eigenvalue weighted by atomic mass is 10.0. The number of amides is 3. The Hall–Kier alpha value is -4.50. The van der Waals surface area contributed by atoms with Crippen LogP contribution in [0, 0.1) is 6.92 Å². The zero-order chi connectivity index (χ0) is 26.4. The lowest BCUT2D eigenvalue weighted by molar-refractivity contribution is -0.139. The van der Waals surface area contributed by atoms with Gasteiger partial charge in [0.15, 0.2) is 0 Å². The van der Waals surface area contributed by atoms with Gasteiger partial charge in [-0.2, -0.15) is 0 Å². The Bertz CT molecular complexity index is 1460. The highest BCUT2D eigenvalue weighted by Gasteiger charge is 2.23. The van der Waals surface area contributed by atoms with Gasteiger partial charge in [0.05, 0.1) is 4.88 Å². The molecular weight excluding hydrogens is 490 g/mol. The van der Waals surface area contributed by atoms with Crippen LogP contribution in [0.15, 0.2) is 78.2 Å². The summed E-state index contributed by atoms with van der Waals surface area (Å²) in [5.74, 6) is -2.59. The van der Waals surface area contributed by atoms with E-state index in [0.29, 0.717) is 22.5 Å². The minimum Gasteiger partial charge on any atom is -0.480 e. The monoisotopic (exact) mass is 515 g/mol. The number of fused-ring (bicyclic) bond motifs is 1. The molecule has 4 N–H and O–H groups in total. The third-order valence-corrected chi connectivity index (χ3v) is 6.74. The number of carboxylic acids is 1. The van der Waals surface area contributed by atoms with Gasteiger partial charge >= 0.3 is 5.97 Å².